The van der Waals surface area contributed by atoms with Gasteiger partial charge in [0, 0.05) is 17.9 Å². The highest BCUT2D eigenvalue weighted by atomic mass is 32.1. The van der Waals surface area contributed by atoms with Crippen LogP contribution in [0.1, 0.15) is 70.9 Å². The van der Waals surface area contributed by atoms with Crippen LogP contribution in [-0.2, 0) is 13.0 Å². The molecule has 7 heteroatoms. The summed E-state index contributed by atoms with van der Waals surface area (Å²) in [5, 5.41) is 15.1. The summed E-state index contributed by atoms with van der Waals surface area (Å²) in [6.07, 6.45) is 6.28. The van der Waals surface area contributed by atoms with Crippen molar-refractivity contribution in [2.75, 3.05) is 0 Å². The van der Waals surface area contributed by atoms with Crippen molar-refractivity contribution in [2.45, 2.75) is 51.0 Å². The highest BCUT2D eigenvalue weighted by molar-refractivity contribution is 7.00. The molecular formula is C24H24N4O2S. The Morgan fingerprint density at radius 1 is 1.00 bits per heavy atom. The second kappa shape index (κ2) is 8.59. The summed E-state index contributed by atoms with van der Waals surface area (Å²) in [6.45, 7) is 0.456. The highest BCUT2D eigenvalue weighted by Crippen LogP contribution is 2.36. The molecule has 0 bridgehead atoms. The predicted molar refractivity (Wildman–Crippen MR) is 121 cm³/mol. The minimum absolute atomic E-state index is 0.306. The fraction of sp³-hybridized carbons (Fsp3) is 0.333. The van der Waals surface area contributed by atoms with Gasteiger partial charge in [-0.15, -0.1) is 0 Å². The first kappa shape index (κ1) is 19.9. The van der Waals surface area contributed by atoms with Crippen LogP contribution in [0.3, 0.4) is 0 Å². The van der Waals surface area contributed by atoms with Crippen LogP contribution in [0.4, 0.5) is 0 Å². The summed E-state index contributed by atoms with van der Waals surface area (Å²) in [5.74, 6) is -0.597. The number of nitrogens with zero attached hydrogens (tertiary/aromatic N) is 4. The van der Waals surface area contributed by atoms with E-state index in [1.54, 1.807) is 4.68 Å². The first-order chi connectivity index (χ1) is 15.2. The SMILES string of the molecule is O=C(O)c1c(Cc2ccc3nsnc3c2)c(C2CCCCC2)nn1Cc1ccccc1. The van der Waals surface area contributed by atoms with Crippen molar-refractivity contribution in [1.82, 2.24) is 18.5 Å². The summed E-state index contributed by atoms with van der Waals surface area (Å²) in [5.41, 5.74) is 5.93. The van der Waals surface area contributed by atoms with Gasteiger partial charge in [-0.25, -0.2) is 4.79 Å². The Morgan fingerprint density at radius 2 is 1.77 bits per heavy atom. The van der Waals surface area contributed by atoms with E-state index >= 15 is 0 Å². The molecule has 2 aromatic heterocycles. The van der Waals surface area contributed by atoms with Crippen molar-refractivity contribution in [1.29, 1.82) is 0 Å². The summed E-state index contributed by atoms with van der Waals surface area (Å²) >= 11 is 1.20. The Hall–Kier alpha value is -3.06. The third-order valence-electron chi connectivity index (χ3n) is 6.15. The molecule has 2 heterocycles. The number of aromatic nitrogens is 4. The van der Waals surface area contributed by atoms with Crippen LogP contribution >= 0.6 is 11.7 Å². The van der Waals surface area contributed by atoms with Gasteiger partial charge in [-0.1, -0.05) is 55.7 Å². The van der Waals surface area contributed by atoms with Gasteiger partial charge in [0.25, 0.3) is 0 Å². The minimum atomic E-state index is -0.920. The van der Waals surface area contributed by atoms with Gasteiger partial charge in [0.1, 0.15) is 16.7 Å². The normalized spacial score (nSPS) is 14.8. The first-order valence-corrected chi connectivity index (χ1v) is 11.5. The molecule has 0 atom stereocenters. The molecule has 0 spiro atoms. The zero-order chi connectivity index (χ0) is 21.2. The second-order valence-corrected chi connectivity index (χ2v) is 8.79. The molecule has 1 aliphatic rings. The van der Waals surface area contributed by atoms with Gasteiger partial charge in [0.15, 0.2) is 0 Å². The molecule has 4 aromatic rings. The number of rotatable bonds is 6. The second-order valence-electron chi connectivity index (χ2n) is 8.26. The van der Waals surface area contributed by atoms with Gasteiger partial charge in [-0.05, 0) is 36.1 Å². The van der Waals surface area contributed by atoms with E-state index < -0.39 is 5.97 Å². The van der Waals surface area contributed by atoms with Crippen molar-refractivity contribution < 1.29 is 9.90 Å². The molecule has 31 heavy (non-hydrogen) atoms. The van der Waals surface area contributed by atoms with Crippen molar-refractivity contribution >= 4 is 28.7 Å². The van der Waals surface area contributed by atoms with Gasteiger partial charge in [-0.3, -0.25) is 4.68 Å². The van der Waals surface area contributed by atoms with Crippen molar-refractivity contribution in [3.63, 3.8) is 0 Å². The number of fused-ring (bicyclic) bond motifs is 1. The van der Waals surface area contributed by atoms with Crippen LogP contribution in [0.5, 0.6) is 0 Å². The Balaban J connectivity index is 1.59. The lowest BCUT2D eigenvalue weighted by molar-refractivity contribution is 0.0683. The molecule has 158 valence electrons. The molecule has 1 saturated carbocycles. The first-order valence-electron chi connectivity index (χ1n) is 10.8. The van der Waals surface area contributed by atoms with Crippen LogP contribution in [0.2, 0.25) is 0 Å². The maximum absolute atomic E-state index is 12.4. The number of aromatic carboxylic acids is 1. The molecule has 1 aliphatic carbocycles. The highest BCUT2D eigenvalue weighted by Gasteiger charge is 2.29. The van der Waals surface area contributed by atoms with E-state index in [-0.39, 0.29) is 0 Å². The fourth-order valence-electron chi connectivity index (χ4n) is 4.65. The molecule has 1 N–H and O–H groups in total. The van der Waals surface area contributed by atoms with E-state index in [0.717, 1.165) is 46.3 Å². The Bertz CT molecular complexity index is 1210. The Labute approximate surface area is 184 Å². The van der Waals surface area contributed by atoms with E-state index in [9.17, 15) is 9.90 Å². The van der Waals surface area contributed by atoms with Gasteiger partial charge >= 0.3 is 5.97 Å². The molecular weight excluding hydrogens is 408 g/mol. The van der Waals surface area contributed by atoms with E-state index in [2.05, 4.69) is 8.75 Å². The number of carboxylic acids is 1. The molecule has 0 saturated heterocycles. The molecule has 6 nitrogen and oxygen atoms in total. The maximum atomic E-state index is 12.4. The topological polar surface area (TPSA) is 80.9 Å². The molecule has 1 fully saturated rings. The van der Waals surface area contributed by atoms with E-state index in [0.29, 0.717) is 24.6 Å². The number of benzene rings is 2. The fourth-order valence-corrected chi connectivity index (χ4v) is 5.17. The van der Waals surface area contributed by atoms with E-state index in [4.69, 9.17) is 5.10 Å². The molecule has 5 rings (SSSR count). The largest absolute Gasteiger partial charge is 0.477 e. The quantitative estimate of drug-likeness (QED) is 0.449. The number of hydrogen-bond donors (Lipinski definition) is 1. The third kappa shape index (κ3) is 4.10. The van der Waals surface area contributed by atoms with Crippen molar-refractivity contribution in [3.05, 3.63) is 76.6 Å². The smallest absolute Gasteiger partial charge is 0.354 e. The van der Waals surface area contributed by atoms with Gasteiger partial charge in [-0.2, -0.15) is 13.8 Å². The van der Waals surface area contributed by atoms with Crippen LogP contribution in [0, 0.1) is 0 Å². The maximum Gasteiger partial charge on any atom is 0.354 e. The molecule has 0 aliphatic heterocycles. The lowest BCUT2D eigenvalue weighted by Crippen LogP contribution is -2.12. The third-order valence-corrected chi connectivity index (χ3v) is 6.71. The summed E-state index contributed by atoms with van der Waals surface area (Å²) < 4.78 is 10.3. The van der Waals surface area contributed by atoms with E-state index in [1.165, 1.54) is 31.0 Å². The molecule has 0 radical (unpaired) electrons. The zero-order valence-electron chi connectivity index (χ0n) is 17.2. The van der Waals surface area contributed by atoms with Crippen molar-refractivity contribution in [3.8, 4) is 0 Å². The number of carbonyl (C=O) groups is 1. The zero-order valence-corrected chi connectivity index (χ0v) is 18.0. The summed E-state index contributed by atoms with van der Waals surface area (Å²) in [6, 6.07) is 15.9. The van der Waals surface area contributed by atoms with Crippen LogP contribution in [0.25, 0.3) is 11.0 Å². The van der Waals surface area contributed by atoms with Gasteiger partial charge in [0.2, 0.25) is 0 Å². The van der Waals surface area contributed by atoms with E-state index in [1.807, 2.05) is 48.5 Å². The number of carboxylic acid groups (broad SMARTS) is 1. The summed E-state index contributed by atoms with van der Waals surface area (Å²) in [4.78, 5) is 12.4. The monoisotopic (exact) mass is 432 g/mol. The average molecular weight is 433 g/mol. The minimum Gasteiger partial charge on any atom is -0.477 e. The van der Waals surface area contributed by atoms with Crippen LogP contribution in [-0.4, -0.2) is 29.6 Å². The average Bonchev–Trinajstić information content (AvgIpc) is 3.39. The number of hydrogen-bond acceptors (Lipinski definition) is 5. The molecule has 0 amide bonds. The Morgan fingerprint density at radius 3 is 2.55 bits per heavy atom. The lowest BCUT2D eigenvalue weighted by Gasteiger charge is -2.21. The van der Waals surface area contributed by atoms with Crippen molar-refractivity contribution in [2.24, 2.45) is 0 Å². The lowest BCUT2D eigenvalue weighted by atomic mass is 9.84. The molecule has 2 aromatic carbocycles. The van der Waals surface area contributed by atoms with Crippen LogP contribution < -0.4 is 0 Å². The van der Waals surface area contributed by atoms with Crippen LogP contribution in [0.15, 0.2) is 48.5 Å². The standard InChI is InChI=1S/C24H24N4O2S/c29-24(30)23-19(13-17-11-12-20-21(14-17)27-31-26-20)22(18-9-5-2-6-10-18)25-28(23)15-16-7-3-1-4-8-16/h1,3-4,7-8,11-12,14,18H,2,5-6,9-10,13,15H2,(H,29,30). The molecule has 0 unspecified atom stereocenters. The summed E-state index contributed by atoms with van der Waals surface area (Å²) in [7, 11) is 0. The Kier molecular flexibility index (Phi) is 5.51. The van der Waals surface area contributed by atoms with Gasteiger partial charge in [0.05, 0.1) is 24.0 Å². The predicted octanol–water partition coefficient (Wildman–Crippen LogP) is 5.27. The van der Waals surface area contributed by atoms with Gasteiger partial charge < -0.3 is 5.11 Å².